The van der Waals surface area contributed by atoms with Crippen molar-refractivity contribution < 1.29 is 25.2 Å². The van der Waals surface area contributed by atoms with Gasteiger partial charge >= 0.3 is 0 Å². The summed E-state index contributed by atoms with van der Waals surface area (Å²) in [6, 6.07) is 0. The Bertz CT molecular complexity index is 151. The number of aliphatic hydroxyl groups excluding tert-OH is 4. The average Bonchev–Trinajstić information content (AvgIpc) is 2.12. The van der Waals surface area contributed by atoms with E-state index in [1.54, 1.807) is 0 Å². The molecule has 0 aliphatic carbocycles. The van der Waals surface area contributed by atoms with Crippen LogP contribution in [0.2, 0.25) is 0 Å². The summed E-state index contributed by atoms with van der Waals surface area (Å²) in [7, 11) is 0. The van der Waals surface area contributed by atoms with Crippen LogP contribution < -0.4 is 0 Å². The molecule has 4 N–H and O–H groups in total. The van der Waals surface area contributed by atoms with Gasteiger partial charge in [-0.3, -0.25) is 4.79 Å². The van der Waals surface area contributed by atoms with E-state index in [0.717, 1.165) is 0 Å². The molecule has 0 radical (unpaired) electrons. The molecule has 0 fully saturated rings. The van der Waals surface area contributed by atoms with Crippen LogP contribution in [0.4, 0.5) is 0 Å². The molecular formula is C6H11BrO5. The summed E-state index contributed by atoms with van der Waals surface area (Å²) in [5.41, 5.74) is 0. The van der Waals surface area contributed by atoms with E-state index in [-0.39, 0.29) is 0 Å². The maximum absolute atomic E-state index is 10.7. The van der Waals surface area contributed by atoms with Gasteiger partial charge in [0, 0.05) is 0 Å². The molecule has 0 unspecified atom stereocenters. The highest BCUT2D eigenvalue weighted by Crippen LogP contribution is 2.11. The number of carbonyl (C=O) groups excluding carboxylic acids is 1. The monoisotopic (exact) mass is 242 g/mol. The minimum Gasteiger partial charge on any atom is -0.394 e. The Kier molecular flexibility index (Phi) is 5.60. The van der Waals surface area contributed by atoms with Crippen LogP contribution in [0.5, 0.6) is 0 Å². The van der Waals surface area contributed by atoms with Crippen molar-refractivity contribution in [3.63, 3.8) is 0 Å². The number of hydrogen-bond donors (Lipinski definition) is 4. The molecule has 3 atom stereocenters. The van der Waals surface area contributed by atoms with Crippen molar-refractivity contribution in [1.82, 2.24) is 0 Å². The quantitative estimate of drug-likeness (QED) is 0.420. The van der Waals surface area contributed by atoms with E-state index >= 15 is 0 Å². The number of rotatable bonds is 5. The minimum absolute atomic E-state index is 0.564. The predicted molar refractivity (Wildman–Crippen MR) is 43.9 cm³/mol. The second-order valence-electron chi connectivity index (χ2n) is 2.26. The summed E-state index contributed by atoms with van der Waals surface area (Å²) in [4.78, 5) is 9.69. The van der Waals surface area contributed by atoms with Crippen molar-refractivity contribution >= 4 is 21.7 Å². The third-order valence-electron chi connectivity index (χ3n) is 1.34. The molecule has 0 heterocycles. The van der Waals surface area contributed by atoms with E-state index in [1.807, 2.05) is 0 Å². The molecule has 0 amide bonds. The number of aliphatic hydroxyl groups is 4. The Morgan fingerprint density at radius 2 is 1.83 bits per heavy atom. The maximum Gasteiger partial charge on any atom is 0.187 e. The van der Waals surface area contributed by atoms with Gasteiger partial charge in [0.25, 0.3) is 0 Å². The van der Waals surface area contributed by atoms with Crippen LogP contribution in [-0.4, -0.2) is 56.5 Å². The molecule has 6 heteroatoms. The summed E-state index contributed by atoms with van der Waals surface area (Å²) in [6.07, 6.45) is -2.73. The summed E-state index contributed by atoms with van der Waals surface area (Å²) < 4.78 is 0. The van der Waals surface area contributed by atoms with Crippen LogP contribution in [-0.2, 0) is 4.79 Å². The number of halogens is 1. The molecule has 0 bridgehead atoms. The van der Waals surface area contributed by atoms with Gasteiger partial charge in [0.05, 0.1) is 17.5 Å². The van der Waals surface area contributed by atoms with Crippen LogP contribution >= 0.6 is 15.9 Å². The summed E-state index contributed by atoms with van der Waals surface area (Å²) >= 11 is 2.82. The second kappa shape index (κ2) is 5.60. The van der Waals surface area contributed by atoms with Gasteiger partial charge in [-0.2, -0.15) is 0 Å². The Balaban J connectivity index is 4.08. The van der Waals surface area contributed by atoms with E-state index < -0.39 is 36.0 Å². The van der Waals surface area contributed by atoms with Crippen molar-refractivity contribution in [1.29, 1.82) is 0 Å². The Morgan fingerprint density at radius 1 is 1.33 bits per heavy atom. The topological polar surface area (TPSA) is 98.0 Å². The van der Waals surface area contributed by atoms with Gasteiger partial charge in [-0.15, -0.1) is 0 Å². The number of carbonyl (C=O) groups is 1. The third kappa shape index (κ3) is 3.16. The van der Waals surface area contributed by atoms with Crippen molar-refractivity contribution in [2.75, 3.05) is 13.2 Å². The molecule has 0 saturated carbocycles. The van der Waals surface area contributed by atoms with Crippen LogP contribution in [0.3, 0.4) is 0 Å². The highest BCUT2D eigenvalue weighted by atomic mass is 79.9. The first-order valence-electron chi connectivity index (χ1n) is 3.29. The number of Topliss-reactive ketones (excluding diaryl/α,β-unsaturated/α-hetero) is 1. The molecule has 0 aliphatic heterocycles. The fourth-order valence-corrected chi connectivity index (χ4v) is 1.04. The molecule has 0 aromatic heterocycles. The standard InChI is InChI=1S/C6H11BrO5/c7-5(3(10)1-8)6(12)4(11)2-9/h3,5-6,8-10,12H,1-2H2/t3-,5+,6-/m1/s1. The second-order valence-corrected chi connectivity index (χ2v) is 3.32. The summed E-state index contributed by atoms with van der Waals surface area (Å²) in [5.74, 6) is -0.802. The zero-order valence-electron chi connectivity index (χ0n) is 6.22. The molecule has 0 aliphatic rings. The molecule has 5 nitrogen and oxygen atoms in total. The van der Waals surface area contributed by atoms with Gasteiger partial charge in [-0.25, -0.2) is 0 Å². The van der Waals surface area contributed by atoms with Gasteiger partial charge in [0.1, 0.15) is 12.7 Å². The molecule has 0 aromatic carbocycles. The van der Waals surface area contributed by atoms with Gasteiger partial charge < -0.3 is 20.4 Å². The highest BCUT2D eigenvalue weighted by molar-refractivity contribution is 9.09. The predicted octanol–water partition coefficient (Wildman–Crippen LogP) is -1.97. The molecule has 0 spiro atoms. The normalized spacial score (nSPS) is 18.4. The Morgan fingerprint density at radius 3 is 2.17 bits per heavy atom. The van der Waals surface area contributed by atoms with E-state index in [4.69, 9.17) is 20.4 Å². The van der Waals surface area contributed by atoms with Gasteiger partial charge in [0.15, 0.2) is 5.78 Å². The van der Waals surface area contributed by atoms with Gasteiger partial charge in [0.2, 0.25) is 0 Å². The maximum atomic E-state index is 10.7. The third-order valence-corrected chi connectivity index (χ3v) is 2.45. The zero-order chi connectivity index (χ0) is 9.72. The average molecular weight is 243 g/mol. The molecule has 72 valence electrons. The van der Waals surface area contributed by atoms with Crippen LogP contribution in [0.25, 0.3) is 0 Å². The van der Waals surface area contributed by atoms with Crippen molar-refractivity contribution in [3.8, 4) is 0 Å². The van der Waals surface area contributed by atoms with Crippen molar-refractivity contribution in [2.24, 2.45) is 0 Å². The number of hydrogen-bond acceptors (Lipinski definition) is 5. The lowest BCUT2D eigenvalue weighted by Gasteiger charge is -2.18. The van der Waals surface area contributed by atoms with Gasteiger partial charge in [-0.05, 0) is 0 Å². The molecule has 0 saturated heterocycles. The smallest absolute Gasteiger partial charge is 0.187 e. The lowest BCUT2D eigenvalue weighted by atomic mass is 10.1. The number of alkyl halides is 1. The summed E-state index contributed by atoms with van der Waals surface area (Å²) in [5, 5.41) is 34.8. The number of ketones is 1. The van der Waals surface area contributed by atoms with Crippen LogP contribution in [0.1, 0.15) is 0 Å². The summed E-state index contributed by atoms with van der Waals surface area (Å²) in [6.45, 7) is -1.35. The highest BCUT2D eigenvalue weighted by Gasteiger charge is 2.28. The van der Waals surface area contributed by atoms with E-state index in [2.05, 4.69) is 15.9 Å². The van der Waals surface area contributed by atoms with E-state index in [1.165, 1.54) is 0 Å². The molecular weight excluding hydrogens is 232 g/mol. The lowest BCUT2D eigenvalue weighted by Crippen LogP contribution is -2.41. The largest absolute Gasteiger partial charge is 0.394 e. The van der Waals surface area contributed by atoms with E-state index in [0.29, 0.717) is 0 Å². The molecule has 0 aromatic rings. The minimum atomic E-state index is -1.50. The fourth-order valence-electron chi connectivity index (χ4n) is 0.582. The molecule has 12 heavy (non-hydrogen) atoms. The van der Waals surface area contributed by atoms with Crippen molar-refractivity contribution in [2.45, 2.75) is 17.0 Å². The van der Waals surface area contributed by atoms with Gasteiger partial charge in [-0.1, -0.05) is 15.9 Å². The fraction of sp³-hybridized carbons (Fsp3) is 0.833. The first-order chi connectivity index (χ1) is 5.54. The van der Waals surface area contributed by atoms with E-state index in [9.17, 15) is 4.79 Å². The zero-order valence-corrected chi connectivity index (χ0v) is 7.81. The first kappa shape index (κ1) is 12.0. The van der Waals surface area contributed by atoms with Crippen LogP contribution in [0.15, 0.2) is 0 Å². The molecule has 0 rings (SSSR count). The van der Waals surface area contributed by atoms with Crippen molar-refractivity contribution in [3.05, 3.63) is 0 Å². The Hall–Kier alpha value is -0.0100. The van der Waals surface area contributed by atoms with Crippen LogP contribution in [0, 0.1) is 0 Å². The Labute approximate surface area is 77.8 Å². The SMILES string of the molecule is O=C(CO)[C@@H](O)[C@@H](Br)[C@H](O)CO. The first-order valence-corrected chi connectivity index (χ1v) is 4.20. The lowest BCUT2D eigenvalue weighted by molar-refractivity contribution is -0.131.